The summed E-state index contributed by atoms with van der Waals surface area (Å²) in [6.45, 7) is 6.92. The monoisotopic (exact) mass is 537 g/mol. The third kappa shape index (κ3) is 5.64. The van der Waals surface area contributed by atoms with Gasteiger partial charge in [-0.3, -0.25) is 0 Å². The first-order chi connectivity index (χ1) is 18.7. The second-order valence-corrected chi connectivity index (χ2v) is 10.8. The van der Waals surface area contributed by atoms with E-state index in [-0.39, 0.29) is 17.6 Å². The van der Waals surface area contributed by atoms with Crippen LogP contribution >= 0.6 is 0 Å². The van der Waals surface area contributed by atoms with Gasteiger partial charge in [0.05, 0.1) is 31.2 Å². The Labute approximate surface area is 229 Å². The summed E-state index contributed by atoms with van der Waals surface area (Å²) < 4.78 is 41.5. The van der Waals surface area contributed by atoms with Gasteiger partial charge in [-0.1, -0.05) is 6.07 Å². The second-order valence-electron chi connectivity index (χ2n) is 10.8. The van der Waals surface area contributed by atoms with Gasteiger partial charge < -0.3 is 24.2 Å². The lowest BCUT2D eigenvalue weighted by Crippen LogP contribution is -2.42. The van der Waals surface area contributed by atoms with E-state index in [1.165, 1.54) is 13.2 Å². The Morgan fingerprint density at radius 1 is 1.05 bits per heavy atom. The van der Waals surface area contributed by atoms with Gasteiger partial charge in [0.1, 0.15) is 23.9 Å². The molecule has 0 saturated carbocycles. The molecular weight excluding hydrogens is 500 g/mol. The van der Waals surface area contributed by atoms with Crippen LogP contribution in [0, 0.1) is 11.6 Å². The Balaban J connectivity index is 1.40. The molecule has 0 N–H and O–H groups in total. The number of benzene rings is 2. The van der Waals surface area contributed by atoms with Crippen molar-refractivity contribution in [1.29, 1.82) is 0 Å². The summed E-state index contributed by atoms with van der Waals surface area (Å²) in [5.41, 5.74) is 3.16. The zero-order valence-electron chi connectivity index (χ0n) is 23.4. The third-order valence-electron chi connectivity index (χ3n) is 7.74. The minimum absolute atomic E-state index is 0.183. The smallest absolute Gasteiger partial charge is 0.178 e. The van der Waals surface area contributed by atoms with Crippen LogP contribution in [0.1, 0.15) is 38.1 Å². The Morgan fingerprint density at radius 2 is 1.82 bits per heavy atom. The van der Waals surface area contributed by atoms with Gasteiger partial charge in [-0.25, -0.2) is 18.7 Å². The molecule has 3 heterocycles. The fraction of sp³-hybridized carbons (Fsp3) is 0.467. The highest BCUT2D eigenvalue weighted by atomic mass is 19.1. The maximum atomic E-state index is 15.2. The summed E-state index contributed by atoms with van der Waals surface area (Å²) >= 11 is 0. The van der Waals surface area contributed by atoms with E-state index in [0.29, 0.717) is 59.8 Å². The van der Waals surface area contributed by atoms with Crippen LogP contribution < -0.4 is 19.3 Å². The van der Waals surface area contributed by atoms with Crippen molar-refractivity contribution in [2.24, 2.45) is 0 Å². The molecule has 5 rings (SSSR count). The molecule has 1 fully saturated rings. The van der Waals surface area contributed by atoms with Crippen molar-refractivity contribution in [3.63, 3.8) is 0 Å². The number of aromatic nitrogens is 2. The fourth-order valence-corrected chi connectivity index (χ4v) is 5.55. The summed E-state index contributed by atoms with van der Waals surface area (Å²) in [6.07, 6.45) is 3.96. The molecule has 1 saturated heterocycles. The largest absolute Gasteiger partial charge is 0.493 e. The van der Waals surface area contributed by atoms with Gasteiger partial charge in [0.15, 0.2) is 17.3 Å². The lowest BCUT2D eigenvalue weighted by Gasteiger charge is -2.36. The summed E-state index contributed by atoms with van der Waals surface area (Å²) in [6, 6.07) is 9.38. The van der Waals surface area contributed by atoms with Gasteiger partial charge in [-0.2, -0.15) is 0 Å². The first kappa shape index (κ1) is 27.1. The minimum Gasteiger partial charge on any atom is -0.493 e. The molecule has 9 heteroatoms. The standard InChI is InChI=1S/C30H37F2N5O2/c1-19(2)37-12-13-39-30-24(32)16-21(17-26(30)37)29-27(38-5)18-33-28(34-29)15-20-6-7-25(23(31)14-20)36-10-8-22(9-11-36)35(3)4/h6-7,14,16-19,22H,8-13,15H2,1-5H3. The zero-order chi connectivity index (χ0) is 27.7. The number of nitrogens with zero attached hydrogens (tertiary/aromatic N) is 5. The van der Waals surface area contributed by atoms with Crippen molar-refractivity contribution in [2.75, 3.05) is 57.2 Å². The van der Waals surface area contributed by atoms with E-state index in [2.05, 4.69) is 47.6 Å². The van der Waals surface area contributed by atoms with Crippen LogP contribution in [0.2, 0.25) is 0 Å². The van der Waals surface area contributed by atoms with E-state index in [1.54, 1.807) is 12.3 Å². The molecule has 0 bridgehead atoms. The molecule has 0 spiro atoms. The van der Waals surface area contributed by atoms with Crippen molar-refractivity contribution in [2.45, 2.75) is 45.2 Å². The highest BCUT2D eigenvalue weighted by Gasteiger charge is 2.26. The van der Waals surface area contributed by atoms with Gasteiger partial charge >= 0.3 is 0 Å². The second kappa shape index (κ2) is 11.3. The molecule has 0 aliphatic carbocycles. The van der Waals surface area contributed by atoms with E-state index in [0.717, 1.165) is 31.5 Å². The number of ether oxygens (including phenoxy) is 2. The van der Waals surface area contributed by atoms with E-state index >= 15 is 8.78 Å². The summed E-state index contributed by atoms with van der Waals surface area (Å²) in [5.74, 6) is 0.513. The van der Waals surface area contributed by atoms with Crippen molar-refractivity contribution < 1.29 is 18.3 Å². The Bertz CT molecular complexity index is 1320. The number of methoxy groups -OCH3 is 1. The number of fused-ring (bicyclic) bond motifs is 1. The number of halogens is 2. The molecule has 7 nitrogen and oxygen atoms in total. The summed E-state index contributed by atoms with van der Waals surface area (Å²) in [7, 11) is 5.73. The van der Waals surface area contributed by atoms with Crippen LogP contribution in [0.5, 0.6) is 11.5 Å². The SMILES string of the molecule is COc1cnc(Cc2ccc(N3CCC(N(C)C)CC3)c(F)c2)nc1-c1cc(F)c2c(c1)N(C(C)C)CCO2. The maximum Gasteiger partial charge on any atom is 0.178 e. The molecule has 39 heavy (non-hydrogen) atoms. The molecule has 3 aromatic rings. The molecule has 2 aliphatic heterocycles. The van der Waals surface area contributed by atoms with Crippen LogP contribution in [-0.4, -0.2) is 74.4 Å². The van der Waals surface area contributed by atoms with Gasteiger partial charge in [-0.15, -0.1) is 0 Å². The van der Waals surface area contributed by atoms with Crippen LogP contribution in [0.25, 0.3) is 11.3 Å². The number of hydrogen-bond donors (Lipinski definition) is 0. The van der Waals surface area contributed by atoms with E-state index in [1.807, 2.05) is 18.2 Å². The third-order valence-corrected chi connectivity index (χ3v) is 7.74. The van der Waals surface area contributed by atoms with Gasteiger partial charge in [0.2, 0.25) is 0 Å². The maximum absolute atomic E-state index is 15.2. The molecule has 0 radical (unpaired) electrons. The predicted molar refractivity (Wildman–Crippen MR) is 150 cm³/mol. The quantitative estimate of drug-likeness (QED) is 0.413. The lowest BCUT2D eigenvalue weighted by atomic mass is 10.0. The summed E-state index contributed by atoms with van der Waals surface area (Å²) in [4.78, 5) is 15.7. The molecule has 0 amide bonds. The zero-order valence-corrected chi connectivity index (χ0v) is 23.4. The van der Waals surface area contributed by atoms with Gasteiger partial charge in [0.25, 0.3) is 0 Å². The van der Waals surface area contributed by atoms with E-state index < -0.39 is 5.82 Å². The topological polar surface area (TPSA) is 54.0 Å². The Kier molecular flexibility index (Phi) is 7.88. The Hall–Kier alpha value is -3.46. The minimum atomic E-state index is -0.442. The number of anilines is 2. The molecule has 2 aliphatic rings. The van der Waals surface area contributed by atoms with Gasteiger partial charge in [-0.05, 0) is 70.6 Å². The first-order valence-electron chi connectivity index (χ1n) is 13.6. The van der Waals surface area contributed by atoms with Crippen molar-refractivity contribution in [3.05, 3.63) is 59.6 Å². The first-order valence-corrected chi connectivity index (χ1v) is 13.6. The summed E-state index contributed by atoms with van der Waals surface area (Å²) in [5, 5.41) is 0. The molecule has 208 valence electrons. The van der Waals surface area contributed by atoms with Crippen molar-refractivity contribution >= 4 is 11.4 Å². The van der Waals surface area contributed by atoms with Crippen molar-refractivity contribution in [3.8, 4) is 22.8 Å². The molecule has 2 aromatic carbocycles. The van der Waals surface area contributed by atoms with E-state index in [9.17, 15) is 0 Å². The van der Waals surface area contributed by atoms with E-state index in [4.69, 9.17) is 14.5 Å². The molecular formula is C30H37F2N5O2. The number of hydrogen-bond acceptors (Lipinski definition) is 7. The van der Waals surface area contributed by atoms with Gasteiger partial charge in [0, 0.05) is 37.2 Å². The fourth-order valence-electron chi connectivity index (χ4n) is 5.55. The Morgan fingerprint density at radius 3 is 2.49 bits per heavy atom. The highest BCUT2D eigenvalue weighted by Crippen LogP contribution is 2.40. The predicted octanol–water partition coefficient (Wildman–Crippen LogP) is 5.16. The molecule has 1 aromatic heterocycles. The lowest BCUT2D eigenvalue weighted by molar-refractivity contribution is 0.249. The van der Waals surface area contributed by atoms with Crippen molar-refractivity contribution in [1.82, 2.24) is 14.9 Å². The average molecular weight is 538 g/mol. The molecule has 0 unspecified atom stereocenters. The van der Waals surface area contributed by atoms with Crippen LogP contribution in [0.3, 0.4) is 0 Å². The highest BCUT2D eigenvalue weighted by molar-refractivity contribution is 5.75. The number of piperidine rings is 1. The van der Waals surface area contributed by atoms with Crippen LogP contribution in [0.15, 0.2) is 36.5 Å². The van der Waals surface area contributed by atoms with Crippen LogP contribution in [0.4, 0.5) is 20.2 Å². The molecule has 0 atom stereocenters. The average Bonchev–Trinajstić information content (AvgIpc) is 2.92. The van der Waals surface area contributed by atoms with Crippen LogP contribution in [-0.2, 0) is 6.42 Å². The number of rotatable bonds is 7. The normalized spacial score (nSPS) is 16.0.